The SMILES string of the molecule is O=C(NCCC1=CCCCC1)c1cc(NCc2cccnc2)ncn1. The molecule has 0 saturated carbocycles. The highest BCUT2D eigenvalue weighted by molar-refractivity contribution is 5.92. The molecular formula is C19H23N5O. The first kappa shape index (κ1) is 17.1. The minimum absolute atomic E-state index is 0.164. The van der Waals surface area contributed by atoms with Gasteiger partial charge in [0.1, 0.15) is 17.8 Å². The number of amides is 1. The molecule has 1 aliphatic rings. The molecule has 0 radical (unpaired) electrons. The number of nitrogens with one attached hydrogen (secondary N) is 2. The van der Waals surface area contributed by atoms with Crippen molar-refractivity contribution in [2.45, 2.75) is 38.6 Å². The van der Waals surface area contributed by atoms with E-state index in [1.54, 1.807) is 18.5 Å². The summed E-state index contributed by atoms with van der Waals surface area (Å²) in [7, 11) is 0. The van der Waals surface area contributed by atoms with Gasteiger partial charge in [-0.3, -0.25) is 9.78 Å². The molecule has 1 aliphatic carbocycles. The molecule has 3 rings (SSSR count). The van der Waals surface area contributed by atoms with Crippen LogP contribution < -0.4 is 10.6 Å². The third-order valence-corrected chi connectivity index (χ3v) is 4.21. The van der Waals surface area contributed by atoms with Crippen molar-refractivity contribution in [2.24, 2.45) is 0 Å². The van der Waals surface area contributed by atoms with Crippen molar-refractivity contribution in [3.05, 3.63) is 59.8 Å². The van der Waals surface area contributed by atoms with Gasteiger partial charge < -0.3 is 10.6 Å². The number of pyridine rings is 1. The van der Waals surface area contributed by atoms with Crippen LogP contribution >= 0.6 is 0 Å². The van der Waals surface area contributed by atoms with Crippen LogP contribution in [0.3, 0.4) is 0 Å². The Balaban J connectivity index is 1.49. The van der Waals surface area contributed by atoms with Crippen molar-refractivity contribution in [3.8, 4) is 0 Å². The monoisotopic (exact) mass is 337 g/mol. The Bertz CT molecular complexity index is 730. The Morgan fingerprint density at radius 1 is 1.24 bits per heavy atom. The quantitative estimate of drug-likeness (QED) is 0.759. The van der Waals surface area contributed by atoms with Gasteiger partial charge in [0.05, 0.1) is 0 Å². The van der Waals surface area contributed by atoms with Gasteiger partial charge >= 0.3 is 0 Å². The lowest BCUT2D eigenvalue weighted by atomic mass is 9.97. The molecule has 2 heterocycles. The van der Waals surface area contributed by atoms with Crippen molar-refractivity contribution in [1.82, 2.24) is 20.3 Å². The van der Waals surface area contributed by atoms with E-state index >= 15 is 0 Å². The first-order valence-corrected chi connectivity index (χ1v) is 8.72. The second kappa shape index (κ2) is 8.92. The van der Waals surface area contributed by atoms with E-state index < -0.39 is 0 Å². The van der Waals surface area contributed by atoms with Crippen LogP contribution in [0.5, 0.6) is 0 Å². The molecular weight excluding hydrogens is 314 g/mol. The number of hydrogen-bond donors (Lipinski definition) is 2. The van der Waals surface area contributed by atoms with Crippen molar-refractivity contribution < 1.29 is 4.79 Å². The van der Waals surface area contributed by atoms with E-state index in [-0.39, 0.29) is 5.91 Å². The number of hydrogen-bond acceptors (Lipinski definition) is 5. The van der Waals surface area contributed by atoms with E-state index in [0.29, 0.717) is 24.6 Å². The fourth-order valence-corrected chi connectivity index (χ4v) is 2.83. The summed E-state index contributed by atoms with van der Waals surface area (Å²) in [5, 5.41) is 6.12. The molecule has 0 spiro atoms. The molecule has 1 amide bonds. The van der Waals surface area contributed by atoms with E-state index in [4.69, 9.17) is 0 Å². The Morgan fingerprint density at radius 3 is 3.00 bits per heavy atom. The van der Waals surface area contributed by atoms with Gasteiger partial charge in [0, 0.05) is 31.5 Å². The predicted molar refractivity (Wildman–Crippen MR) is 97.1 cm³/mol. The highest BCUT2D eigenvalue weighted by Crippen LogP contribution is 2.19. The van der Waals surface area contributed by atoms with Gasteiger partial charge in [-0.1, -0.05) is 17.7 Å². The molecule has 2 aromatic rings. The summed E-state index contributed by atoms with van der Waals surface area (Å²) >= 11 is 0. The average molecular weight is 337 g/mol. The molecule has 0 aromatic carbocycles. The first-order chi connectivity index (χ1) is 12.3. The molecule has 2 aromatic heterocycles. The average Bonchev–Trinajstić information content (AvgIpc) is 2.68. The first-order valence-electron chi connectivity index (χ1n) is 8.72. The highest BCUT2D eigenvalue weighted by atomic mass is 16.1. The maximum Gasteiger partial charge on any atom is 0.270 e. The van der Waals surface area contributed by atoms with Crippen LogP contribution in [-0.4, -0.2) is 27.4 Å². The van der Waals surface area contributed by atoms with Crippen LogP contribution in [0.15, 0.2) is 48.6 Å². The van der Waals surface area contributed by atoms with Crippen LogP contribution in [0.2, 0.25) is 0 Å². The fourth-order valence-electron chi connectivity index (χ4n) is 2.83. The predicted octanol–water partition coefficient (Wildman–Crippen LogP) is 3.10. The zero-order valence-corrected chi connectivity index (χ0v) is 14.2. The zero-order chi connectivity index (χ0) is 17.3. The molecule has 6 nitrogen and oxygen atoms in total. The lowest BCUT2D eigenvalue weighted by Gasteiger charge is -2.13. The number of carbonyl (C=O) groups is 1. The number of aromatic nitrogens is 3. The van der Waals surface area contributed by atoms with Crippen molar-refractivity contribution >= 4 is 11.7 Å². The van der Waals surface area contributed by atoms with Gasteiger partial charge in [-0.2, -0.15) is 0 Å². The zero-order valence-electron chi connectivity index (χ0n) is 14.2. The second-order valence-corrected chi connectivity index (χ2v) is 6.12. The topological polar surface area (TPSA) is 79.8 Å². The molecule has 130 valence electrons. The number of carbonyl (C=O) groups excluding carboxylic acids is 1. The van der Waals surface area contributed by atoms with Gasteiger partial charge in [-0.25, -0.2) is 9.97 Å². The molecule has 0 unspecified atom stereocenters. The summed E-state index contributed by atoms with van der Waals surface area (Å²) in [5.41, 5.74) is 2.88. The molecule has 0 saturated heterocycles. The molecule has 25 heavy (non-hydrogen) atoms. The third-order valence-electron chi connectivity index (χ3n) is 4.21. The molecule has 2 N–H and O–H groups in total. The molecule has 0 atom stereocenters. The van der Waals surface area contributed by atoms with Crippen LogP contribution in [-0.2, 0) is 6.54 Å². The third kappa shape index (κ3) is 5.38. The highest BCUT2D eigenvalue weighted by Gasteiger charge is 2.09. The summed E-state index contributed by atoms with van der Waals surface area (Å²) in [4.78, 5) is 24.6. The Labute approximate surface area is 147 Å². The molecule has 0 fully saturated rings. The Morgan fingerprint density at radius 2 is 2.20 bits per heavy atom. The maximum atomic E-state index is 12.3. The summed E-state index contributed by atoms with van der Waals surface area (Å²) in [6.07, 6.45) is 13.0. The van der Waals surface area contributed by atoms with E-state index in [0.717, 1.165) is 18.4 Å². The summed E-state index contributed by atoms with van der Waals surface area (Å²) in [6.45, 7) is 1.24. The van der Waals surface area contributed by atoms with Crippen LogP contribution in [0.4, 0.5) is 5.82 Å². The van der Waals surface area contributed by atoms with Gasteiger partial charge in [0.15, 0.2) is 0 Å². The van der Waals surface area contributed by atoms with Gasteiger partial charge in [0.2, 0.25) is 0 Å². The molecule has 6 heteroatoms. The van der Waals surface area contributed by atoms with Gasteiger partial charge in [-0.15, -0.1) is 0 Å². The van der Waals surface area contributed by atoms with Gasteiger partial charge in [0.25, 0.3) is 5.91 Å². The van der Waals surface area contributed by atoms with Crippen molar-refractivity contribution in [3.63, 3.8) is 0 Å². The lowest BCUT2D eigenvalue weighted by molar-refractivity contribution is 0.0949. The van der Waals surface area contributed by atoms with Gasteiger partial charge in [-0.05, 0) is 43.7 Å². The standard InChI is InChI=1S/C19H23N5O/c25-19(21-10-8-15-5-2-1-3-6-15)17-11-18(24-14-23-17)22-13-16-7-4-9-20-12-16/h4-5,7,9,11-12,14H,1-3,6,8,10,13H2,(H,21,25)(H,22,23,24). The van der Waals surface area contributed by atoms with Crippen molar-refractivity contribution in [2.75, 3.05) is 11.9 Å². The second-order valence-electron chi connectivity index (χ2n) is 6.12. The van der Waals surface area contributed by atoms with Crippen LogP contribution in [0.1, 0.15) is 48.2 Å². The molecule has 0 bridgehead atoms. The normalized spacial score (nSPS) is 13.8. The maximum absolute atomic E-state index is 12.3. The number of rotatable bonds is 7. The Hall–Kier alpha value is -2.76. The summed E-state index contributed by atoms with van der Waals surface area (Å²) < 4.78 is 0. The van der Waals surface area contributed by atoms with E-state index in [9.17, 15) is 4.79 Å². The van der Waals surface area contributed by atoms with E-state index in [1.165, 1.54) is 31.2 Å². The van der Waals surface area contributed by atoms with E-state index in [2.05, 4.69) is 31.7 Å². The largest absolute Gasteiger partial charge is 0.366 e. The number of nitrogens with zero attached hydrogens (tertiary/aromatic N) is 3. The summed E-state index contributed by atoms with van der Waals surface area (Å²) in [6, 6.07) is 5.54. The lowest BCUT2D eigenvalue weighted by Crippen LogP contribution is -2.26. The summed E-state index contributed by atoms with van der Waals surface area (Å²) in [5.74, 6) is 0.460. The van der Waals surface area contributed by atoms with Crippen LogP contribution in [0.25, 0.3) is 0 Å². The minimum atomic E-state index is -0.164. The van der Waals surface area contributed by atoms with Crippen molar-refractivity contribution in [1.29, 1.82) is 0 Å². The Kier molecular flexibility index (Phi) is 6.09. The number of allylic oxidation sites excluding steroid dienone is 1. The fraction of sp³-hybridized carbons (Fsp3) is 0.368. The number of anilines is 1. The van der Waals surface area contributed by atoms with Crippen LogP contribution in [0, 0.1) is 0 Å². The smallest absolute Gasteiger partial charge is 0.270 e. The minimum Gasteiger partial charge on any atom is -0.366 e. The van der Waals surface area contributed by atoms with E-state index in [1.807, 2.05) is 12.1 Å². The molecule has 0 aliphatic heterocycles.